The van der Waals surface area contributed by atoms with Gasteiger partial charge in [-0.1, -0.05) is 45.5 Å². The third-order valence-electron chi connectivity index (χ3n) is 5.71. The van der Waals surface area contributed by atoms with Crippen molar-refractivity contribution in [2.24, 2.45) is 4.99 Å². The van der Waals surface area contributed by atoms with E-state index < -0.39 is 12.0 Å². The third kappa shape index (κ3) is 5.67. The van der Waals surface area contributed by atoms with Gasteiger partial charge >= 0.3 is 5.97 Å². The number of hydrogen-bond acceptors (Lipinski definition) is 7. The highest BCUT2D eigenvalue weighted by molar-refractivity contribution is 9.11. The molecule has 0 saturated heterocycles. The van der Waals surface area contributed by atoms with Crippen molar-refractivity contribution >= 4 is 55.2 Å². The van der Waals surface area contributed by atoms with Crippen LogP contribution in [0.15, 0.2) is 66.4 Å². The van der Waals surface area contributed by atoms with Crippen LogP contribution in [-0.2, 0) is 9.53 Å². The summed E-state index contributed by atoms with van der Waals surface area (Å²) < 4.78 is 21.0. The Balaban J connectivity index is 2.01. The topological polar surface area (TPSA) is 79.1 Å². The molecule has 200 valence electrons. The van der Waals surface area contributed by atoms with Crippen molar-refractivity contribution in [2.45, 2.75) is 46.8 Å². The maximum absolute atomic E-state index is 14.0. The number of hydrogen-bond donors (Lipinski definition) is 0. The minimum absolute atomic E-state index is 0.102. The van der Waals surface area contributed by atoms with Crippen LogP contribution in [-0.4, -0.2) is 29.9 Å². The lowest BCUT2D eigenvalue weighted by Crippen LogP contribution is -2.40. The van der Waals surface area contributed by atoms with Crippen molar-refractivity contribution in [3.63, 3.8) is 0 Å². The number of nitrogens with zero attached hydrogens (tertiary/aromatic N) is 2. The van der Waals surface area contributed by atoms with Crippen LogP contribution in [0.3, 0.4) is 0 Å². The number of fused-ring (bicyclic) bond motifs is 1. The van der Waals surface area contributed by atoms with Crippen molar-refractivity contribution in [1.82, 2.24) is 4.57 Å². The van der Waals surface area contributed by atoms with E-state index >= 15 is 0 Å². The molecule has 4 rings (SSSR count). The zero-order chi connectivity index (χ0) is 27.6. The fraction of sp³-hybridized carbons (Fsp3) is 0.321. The zero-order valence-corrected chi connectivity index (χ0v) is 25.7. The SMILES string of the molecule is CCOC(=O)C1=C(C)N=c2s/c(=C\c3cc(Br)cc(Br)c3OCC)c(=O)n2[C@@H]1c1ccccc1OC(C)C. The number of aromatic nitrogens is 1. The van der Waals surface area contributed by atoms with Gasteiger partial charge in [-0.15, -0.1) is 0 Å². The minimum atomic E-state index is -0.761. The van der Waals surface area contributed by atoms with Crippen LogP contribution in [0.5, 0.6) is 11.5 Å². The summed E-state index contributed by atoms with van der Waals surface area (Å²) in [4.78, 5) is 32.4. The molecule has 1 aliphatic rings. The van der Waals surface area contributed by atoms with Gasteiger partial charge in [0.2, 0.25) is 0 Å². The van der Waals surface area contributed by atoms with Crippen LogP contribution in [0.4, 0.5) is 0 Å². The Morgan fingerprint density at radius 2 is 1.92 bits per heavy atom. The van der Waals surface area contributed by atoms with E-state index in [9.17, 15) is 9.59 Å². The zero-order valence-electron chi connectivity index (χ0n) is 21.7. The summed E-state index contributed by atoms with van der Waals surface area (Å²) >= 11 is 8.34. The summed E-state index contributed by atoms with van der Waals surface area (Å²) in [7, 11) is 0. The first kappa shape index (κ1) is 28.3. The normalized spacial score (nSPS) is 15.4. The van der Waals surface area contributed by atoms with Gasteiger partial charge in [-0.05, 0) is 74.8 Å². The molecule has 0 fully saturated rings. The smallest absolute Gasteiger partial charge is 0.338 e. The van der Waals surface area contributed by atoms with E-state index in [-0.39, 0.29) is 18.3 Å². The summed E-state index contributed by atoms with van der Waals surface area (Å²) in [6, 6.07) is 10.5. The van der Waals surface area contributed by atoms with Crippen LogP contribution in [0.2, 0.25) is 0 Å². The first-order valence-electron chi connectivity index (χ1n) is 12.2. The van der Waals surface area contributed by atoms with Crippen molar-refractivity contribution in [3.8, 4) is 11.5 Å². The molecule has 0 N–H and O–H groups in total. The molecule has 0 radical (unpaired) electrons. The summed E-state index contributed by atoms with van der Waals surface area (Å²) in [5.41, 5.74) is 1.96. The Labute approximate surface area is 241 Å². The Morgan fingerprint density at radius 3 is 2.61 bits per heavy atom. The largest absolute Gasteiger partial charge is 0.492 e. The van der Waals surface area contributed by atoms with Gasteiger partial charge in [-0.3, -0.25) is 9.36 Å². The molecular weight excluding hydrogens is 636 g/mol. The predicted molar refractivity (Wildman–Crippen MR) is 156 cm³/mol. The number of esters is 1. The van der Waals surface area contributed by atoms with Gasteiger partial charge in [0.05, 0.1) is 39.6 Å². The number of para-hydroxylation sites is 1. The molecule has 0 unspecified atom stereocenters. The van der Waals surface area contributed by atoms with Crippen LogP contribution in [0, 0.1) is 0 Å². The van der Waals surface area contributed by atoms with Gasteiger partial charge in [0.25, 0.3) is 5.56 Å². The summed E-state index contributed by atoms with van der Waals surface area (Å²) in [6.45, 7) is 9.96. The van der Waals surface area contributed by atoms with Gasteiger partial charge in [-0.2, -0.15) is 0 Å². The second-order valence-electron chi connectivity index (χ2n) is 8.75. The monoisotopic (exact) mass is 662 g/mol. The molecular formula is C28H28Br2N2O5S. The Kier molecular flexibility index (Phi) is 8.95. The molecule has 1 atom stereocenters. The molecule has 3 aromatic rings. The van der Waals surface area contributed by atoms with E-state index in [1.54, 1.807) is 24.5 Å². The molecule has 2 heterocycles. The number of carbonyl (C=O) groups is 1. The van der Waals surface area contributed by atoms with Gasteiger partial charge in [-0.25, -0.2) is 9.79 Å². The molecule has 0 bridgehead atoms. The van der Waals surface area contributed by atoms with Gasteiger partial charge in [0.15, 0.2) is 4.80 Å². The number of allylic oxidation sites excluding steroid dienone is 1. The number of thiazole rings is 1. The van der Waals surface area contributed by atoms with Gasteiger partial charge in [0, 0.05) is 15.6 Å². The molecule has 1 aliphatic heterocycles. The van der Waals surface area contributed by atoms with Gasteiger partial charge < -0.3 is 14.2 Å². The van der Waals surface area contributed by atoms with E-state index in [0.717, 1.165) is 14.5 Å². The maximum Gasteiger partial charge on any atom is 0.338 e. The number of ether oxygens (including phenoxy) is 3. The molecule has 0 aliphatic carbocycles. The highest BCUT2D eigenvalue weighted by Gasteiger charge is 2.35. The first-order valence-corrected chi connectivity index (χ1v) is 14.6. The number of carbonyl (C=O) groups excluding carboxylic acids is 1. The molecule has 0 saturated carbocycles. The van der Waals surface area contributed by atoms with Crippen LogP contribution < -0.4 is 24.4 Å². The lowest BCUT2D eigenvalue weighted by molar-refractivity contribution is -0.139. The molecule has 38 heavy (non-hydrogen) atoms. The van der Waals surface area contributed by atoms with Crippen LogP contribution >= 0.6 is 43.2 Å². The third-order valence-corrected chi connectivity index (χ3v) is 7.74. The van der Waals surface area contributed by atoms with Gasteiger partial charge in [0.1, 0.15) is 17.5 Å². The summed E-state index contributed by atoms with van der Waals surface area (Å²) in [5.74, 6) is 0.715. The lowest BCUT2D eigenvalue weighted by atomic mass is 9.95. The fourth-order valence-electron chi connectivity index (χ4n) is 4.28. The van der Waals surface area contributed by atoms with E-state index in [1.807, 2.05) is 57.2 Å². The fourth-order valence-corrected chi connectivity index (χ4v) is 6.69. The van der Waals surface area contributed by atoms with Crippen LogP contribution in [0.25, 0.3) is 6.08 Å². The summed E-state index contributed by atoms with van der Waals surface area (Å²) in [5, 5.41) is 0. The van der Waals surface area contributed by atoms with Crippen molar-refractivity contribution in [2.75, 3.05) is 13.2 Å². The Hall–Kier alpha value is -2.69. The first-order chi connectivity index (χ1) is 18.2. The highest BCUT2D eigenvalue weighted by atomic mass is 79.9. The number of rotatable bonds is 8. The van der Waals surface area contributed by atoms with E-state index in [2.05, 4.69) is 36.9 Å². The highest BCUT2D eigenvalue weighted by Crippen LogP contribution is 2.37. The quantitative estimate of drug-likeness (QED) is 0.297. The van der Waals surface area contributed by atoms with E-state index in [4.69, 9.17) is 14.2 Å². The predicted octanol–water partition coefficient (Wildman–Crippen LogP) is 5.51. The molecule has 0 spiro atoms. The standard InChI is InChI=1S/C28H28Br2N2O5S/c1-6-35-25-17(12-18(29)14-20(25)30)13-22-26(33)32-24(19-10-8-9-11-21(19)37-15(3)4)23(27(34)36-7-2)16(5)31-28(32)38-22/h8-15,24H,6-7H2,1-5H3/b22-13-/t24-/m1/s1. The second-order valence-corrected chi connectivity index (χ2v) is 11.5. The maximum atomic E-state index is 14.0. The lowest BCUT2D eigenvalue weighted by Gasteiger charge is -2.26. The molecule has 10 heteroatoms. The van der Waals surface area contributed by atoms with Crippen molar-refractivity contribution in [3.05, 3.63) is 87.4 Å². The van der Waals surface area contributed by atoms with E-state index in [0.29, 0.717) is 44.3 Å². The Morgan fingerprint density at radius 1 is 1.18 bits per heavy atom. The average Bonchev–Trinajstić information content (AvgIpc) is 3.15. The minimum Gasteiger partial charge on any atom is -0.492 e. The van der Waals surface area contributed by atoms with Crippen molar-refractivity contribution < 1.29 is 19.0 Å². The van der Waals surface area contributed by atoms with E-state index in [1.165, 1.54) is 11.3 Å². The number of benzene rings is 2. The number of halogens is 2. The second kappa shape index (κ2) is 12.0. The summed E-state index contributed by atoms with van der Waals surface area (Å²) in [6.07, 6.45) is 1.69. The molecule has 2 aromatic carbocycles. The Bertz CT molecular complexity index is 1590. The molecule has 7 nitrogen and oxygen atoms in total. The molecule has 0 amide bonds. The van der Waals surface area contributed by atoms with Crippen molar-refractivity contribution in [1.29, 1.82) is 0 Å². The van der Waals surface area contributed by atoms with Crippen LogP contribution in [0.1, 0.15) is 51.8 Å². The molecule has 1 aromatic heterocycles. The average molecular weight is 664 g/mol.